The first kappa shape index (κ1) is 29.5. The Bertz CT molecular complexity index is 3150. The van der Waals surface area contributed by atoms with Crippen LogP contribution in [0.15, 0.2) is 180 Å². The number of para-hydroxylation sites is 1. The van der Waals surface area contributed by atoms with Gasteiger partial charge in [0.25, 0.3) is 0 Å². The number of furan rings is 1. The highest BCUT2D eigenvalue weighted by Gasteiger charge is 2.22. The van der Waals surface area contributed by atoms with Crippen LogP contribution in [-0.4, -0.2) is 15.0 Å². The second-order valence-electron chi connectivity index (χ2n) is 13.6. The zero-order valence-corrected chi connectivity index (χ0v) is 28.5. The van der Waals surface area contributed by atoms with Crippen LogP contribution < -0.4 is 0 Å². The molecule has 0 saturated carbocycles. The zero-order valence-electron chi connectivity index (χ0n) is 28.5. The van der Waals surface area contributed by atoms with Crippen molar-refractivity contribution in [2.24, 2.45) is 0 Å². The number of hydrogen-bond acceptors (Lipinski definition) is 4. The molecule has 0 radical (unpaired) electrons. The van der Waals surface area contributed by atoms with Gasteiger partial charge in [0.15, 0.2) is 17.5 Å². The maximum absolute atomic E-state index is 7.09. The average Bonchev–Trinajstić information content (AvgIpc) is 3.60. The van der Waals surface area contributed by atoms with Gasteiger partial charge in [0.2, 0.25) is 0 Å². The molecule has 0 atom stereocenters. The van der Waals surface area contributed by atoms with Gasteiger partial charge in [-0.1, -0.05) is 152 Å². The van der Waals surface area contributed by atoms with Crippen molar-refractivity contribution in [1.29, 1.82) is 0 Å². The van der Waals surface area contributed by atoms with E-state index in [2.05, 4.69) is 176 Å². The van der Waals surface area contributed by atoms with Crippen LogP contribution in [0.2, 0.25) is 0 Å². The summed E-state index contributed by atoms with van der Waals surface area (Å²) >= 11 is 0. The lowest BCUT2D eigenvalue weighted by Gasteiger charge is -2.11. The van der Waals surface area contributed by atoms with Crippen molar-refractivity contribution < 1.29 is 4.42 Å². The van der Waals surface area contributed by atoms with Gasteiger partial charge >= 0.3 is 0 Å². The lowest BCUT2D eigenvalue weighted by atomic mass is 9.92. The highest BCUT2D eigenvalue weighted by Crippen LogP contribution is 2.45. The van der Waals surface area contributed by atoms with Gasteiger partial charge in [-0.15, -0.1) is 0 Å². The number of aromatic nitrogens is 3. The third-order valence-electron chi connectivity index (χ3n) is 10.5. The summed E-state index contributed by atoms with van der Waals surface area (Å²) in [5.41, 5.74) is 6.49. The minimum atomic E-state index is 0.562. The smallest absolute Gasteiger partial charge is 0.167 e. The molecule has 0 saturated heterocycles. The molecule has 2 aromatic heterocycles. The van der Waals surface area contributed by atoms with E-state index in [0.717, 1.165) is 71.3 Å². The Kier molecular flexibility index (Phi) is 6.52. The van der Waals surface area contributed by atoms with Crippen LogP contribution in [0.3, 0.4) is 0 Å². The number of benzene rings is 9. The molecule has 246 valence electrons. The first-order chi connectivity index (χ1) is 26.2. The molecule has 0 bridgehead atoms. The summed E-state index contributed by atoms with van der Waals surface area (Å²) in [6.07, 6.45) is 0. The van der Waals surface area contributed by atoms with Gasteiger partial charge in [-0.05, 0) is 72.9 Å². The molecule has 4 heteroatoms. The minimum Gasteiger partial charge on any atom is -0.455 e. The molecule has 9 aromatic carbocycles. The Labute approximate surface area is 304 Å². The van der Waals surface area contributed by atoms with E-state index in [1.807, 2.05) is 0 Å². The average molecular weight is 676 g/mol. The van der Waals surface area contributed by atoms with Crippen molar-refractivity contribution in [1.82, 2.24) is 15.0 Å². The molecule has 0 unspecified atom stereocenters. The number of hydrogen-bond donors (Lipinski definition) is 0. The summed E-state index contributed by atoms with van der Waals surface area (Å²) in [6.45, 7) is 0. The largest absolute Gasteiger partial charge is 0.455 e. The Morgan fingerprint density at radius 1 is 0.302 bits per heavy atom. The third kappa shape index (κ3) is 4.80. The fourth-order valence-electron chi connectivity index (χ4n) is 7.89. The maximum atomic E-state index is 7.09. The number of nitrogens with zero attached hydrogens (tertiary/aromatic N) is 3. The Morgan fingerprint density at radius 2 is 0.811 bits per heavy atom. The molecule has 0 spiro atoms. The predicted octanol–water partition coefficient (Wildman–Crippen LogP) is 13.1. The van der Waals surface area contributed by atoms with Gasteiger partial charge in [0.05, 0.1) is 5.56 Å². The summed E-state index contributed by atoms with van der Waals surface area (Å²) < 4.78 is 7.09. The second kappa shape index (κ2) is 11.7. The van der Waals surface area contributed by atoms with Crippen LogP contribution in [0.5, 0.6) is 0 Å². The van der Waals surface area contributed by atoms with Crippen molar-refractivity contribution in [2.45, 2.75) is 0 Å². The maximum Gasteiger partial charge on any atom is 0.167 e. The van der Waals surface area contributed by atoms with Crippen molar-refractivity contribution >= 4 is 65.0 Å². The molecule has 0 aliphatic carbocycles. The van der Waals surface area contributed by atoms with Gasteiger partial charge in [-0.2, -0.15) is 0 Å². The van der Waals surface area contributed by atoms with Crippen molar-refractivity contribution in [3.05, 3.63) is 176 Å². The predicted molar refractivity (Wildman–Crippen MR) is 219 cm³/mol. The van der Waals surface area contributed by atoms with E-state index < -0.39 is 0 Å². The topological polar surface area (TPSA) is 51.8 Å². The minimum absolute atomic E-state index is 0.562. The first-order valence-electron chi connectivity index (χ1n) is 17.9. The van der Waals surface area contributed by atoms with Crippen molar-refractivity contribution in [3.63, 3.8) is 0 Å². The summed E-state index contributed by atoms with van der Waals surface area (Å²) in [4.78, 5) is 15.5. The normalized spacial score (nSPS) is 11.8. The SMILES string of the molecule is c1ccc2cc(-c3nc(-c4ccc5ccccc5c4)nc(-c4cccc5c4oc4c(-c6cccc7ccccc67)c6ccccc6cc45)n3)ccc2c1. The van der Waals surface area contributed by atoms with E-state index in [-0.39, 0.29) is 0 Å². The number of rotatable bonds is 4. The summed E-state index contributed by atoms with van der Waals surface area (Å²) in [5.74, 6) is 1.78. The lowest BCUT2D eigenvalue weighted by molar-refractivity contribution is 0.671. The molecule has 0 fully saturated rings. The molecule has 2 heterocycles. The van der Waals surface area contributed by atoms with Gasteiger partial charge in [0, 0.05) is 27.5 Å². The van der Waals surface area contributed by atoms with Crippen molar-refractivity contribution in [3.8, 4) is 45.3 Å². The van der Waals surface area contributed by atoms with Crippen LogP contribution in [-0.2, 0) is 0 Å². The second-order valence-corrected chi connectivity index (χ2v) is 13.6. The van der Waals surface area contributed by atoms with E-state index in [9.17, 15) is 0 Å². The molecule has 11 rings (SSSR count). The molecular formula is C49H29N3O. The molecule has 0 amide bonds. The highest BCUT2D eigenvalue weighted by molar-refractivity contribution is 6.21. The van der Waals surface area contributed by atoms with Gasteiger partial charge < -0.3 is 4.42 Å². The molecule has 11 aromatic rings. The highest BCUT2D eigenvalue weighted by atomic mass is 16.3. The third-order valence-corrected chi connectivity index (χ3v) is 10.5. The van der Waals surface area contributed by atoms with Crippen LogP contribution in [0.25, 0.3) is 110 Å². The monoisotopic (exact) mass is 675 g/mol. The summed E-state index contributed by atoms with van der Waals surface area (Å²) in [7, 11) is 0. The van der Waals surface area contributed by atoms with Crippen LogP contribution in [0.1, 0.15) is 0 Å². The van der Waals surface area contributed by atoms with Crippen LogP contribution in [0.4, 0.5) is 0 Å². The fourth-order valence-corrected chi connectivity index (χ4v) is 7.89. The molecular weight excluding hydrogens is 647 g/mol. The Morgan fingerprint density at radius 3 is 1.51 bits per heavy atom. The van der Waals surface area contributed by atoms with E-state index in [0.29, 0.717) is 17.5 Å². The summed E-state index contributed by atoms with van der Waals surface area (Å²) in [6, 6.07) is 61.6. The molecule has 4 nitrogen and oxygen atoms in total. The van der Waals surface area contributed by atoms with E-state index in [1.54, 1.807) is 0 Å². The van der Waals surface area contributed by atoms with Gasteiger partial charge in [0.1, 0.15) is 11.2 Å². The fraction of sp³-hybridized carbons (Fsp3) is 0. The molecule has 0 aliphatic heterocycles. The van der Waals surface area contributed by atoms with E-state index in [4.69, 9.17) is 19.4 Å². The quantitative estimate of drug-likeness (QED) is 0.186. The molecule has 53 heavy (non-hydrogen) atoms. The van der Waals surface area contributed by atoms with Crippen molar-refractivity contribution in [2.75, 3.05) is 0 Å². The van der Waals surface area contributed by atoms with E-state index >= 15 is 0 Å². The summed E-state index contributed by atoms with van der Waals surface area (Å²) in [5, 5.41) is 11.4. The molecule has 0 aliphatic rings. The lowest BCUT2D eigenvalue weighted by Crippen LogP contribution is -2.00. The molecule has 0 N–H and O–H groups in total. The van der Waals surface area contributed by atoms with Crippen LogP contribution >= 0.6 is 0 Å². The Hall–Kier alpha value is -7.17. The zero-order chi connectivity index (χ0) is 34.9. The van der Waals surface area contributed by atoms with Gasteiger partial charge in [-0.25, -0.2) is 15.0 Å². The number of fused-ring (bicyclic) bond motifs is 7. The first-order valence-corrected chi connectivity index (χ1v) is 17.9. The standard InChI is InChI=1S/C49H29N3O/c1-3-14-33-27-36(25-23-30(33)11-1)47-50-48(37-26-24-31-12-2-4-15-34(31)28-37)52-49(51-47)42-22-10-21-41-43-29-35-16-6-8-19-39(35)44(46(43)53-45(41)42)40-20-9-17-32-13-5-7-18-38(32)40/h1-29H. The Balaban J connectivity index is 1.19. The van der Waals surface area contributed by atoms with Crippen LogP contribution in [0, 0.1) is 0 Å². The van der Waals surface area contributed by atoms with E-state index in [1.165, 1.54) is 21.5 Å². The van der Waals surface area contributed by atoms with Gasteiger partial charge in [-0.3, -0.25) is 0 Å².